The molecule has 28 heavy (non-hydrogen) atoms. The van der Waals surface area contributed by atoms with Crippen LogP contribution in [0.5, 0.6) is 11.5 Å². The van der Waals surface area contributed by atoms with Crippen molar-refractivity contribution in [2.24, 2.45) is 0 Å². The molecule has 0 bridgehead atoms. The quantitative estimate of drug-likeness (QED) is 0.330. The minimum Gasteiger partial charge on any atom is -0.452 e. The third kappa shape index (κ3) is 3.71. The highest BCUT2D eigenvalue weighted by atomic mass is 32.2. The molecule has 0 radical (unpaired) electrons. The van der Waals surface area contributed by atoms with E-state index in [9.17, 15) is 18.0 Å². The number of alkyl halides is 3. The van der Waals surface area contributed by atoms with Gasteiger partial charge in [0.15, 0.2) is 23.0 Å². The molecule has 0 spiro atoms. The van der Waals surface area contributed by atoms with Crippen molar-refractivity contribution in [1.82, 2.24) is 0 Å². The molecule has 0 fully saturated rings. The Labute approximate surface area is 162 Å². The van der Waals surface area contributed by atoms with Crippen LogP contribution < -0.4 is 4.74 Å². The number of halogens is 3. The molecule has 3 aromatic carbocycles. The number of rotatable bonds is 3. The molecule has 0 aliphatic carbocycles. The van der Waals surface area contributed by atoms with Gasteiger partial charge in [-0.25, -0.2) is 4.79 Å². The number of ether oxygens (including phenoxy) is 2. The molecule has 0 amide bonds. The Kier molecular flexibility index (Phi) is 4.77. The van der Waals surface area contributed by atoms with Gasteiger partial charge in [-0.15, -0.1) is 0 Å². The van der Waals surface area contributed by atoms with E-state index in [0.29, 0.717) is 0 Å². The maximum Gasteiger partial charge on any atom is 0.422 e. The Bertz CT molecular complexity index is 970. The minimum atomic E-state index is -4.55. The fourth-order valence-electron chi connectivity index (χ4n) is 2.85. The molecule has 0 aromatic heterocycles. The summed E-state index contributed by atoms with van der Waals surface area (Å²) in [6.07, 6.45) is -4.55. The lowest BCUT2D eigenvalue weighted by molar-refractivity contribution is -0.161. The van der Waals surface area contributed by atoms with Crippen LogP contribution >= 0.6 is 0 Å². The van der Waals surface area contributed by atoms with Crippen LogP contribution in [-0.2, 0) is 15.6 Å². The lowest BCUT2D eigenvalue weighted by atomic mass is 10.2. The summed E-state index contributed by atoms with van der Waals surface area (Å²) >= 11 is 0. The second kappa shape index (κ2) is 7.24. The van der Waals surface area contributed by atoms with Gasteiger partial charge in [-0.1, -0.05) is 24.3 Å². The van der Waals surface area contributed by atoms with Crippen molar-refractivity contribution in [3.8, 4) is 11.5 Å². The fraction of sp³-hybridized carbons (Fsp3) is 0.0952. The third-order valence-electron chi connectivity index (χ3n) is 4.05. The van der Waals surface area contributed by atoms with Gasteiger partial charge in [-0.05, 0) is 48.5 Å². The lowest BCUT2D eigenvalue weighted by Gasteiger charge is -2.19. The van der Waals surface area contributed by atoms with Crippen LogP contribution in [0.4, 0.5) is 13.2 Å². The average molecular weight is 403 g/mol. The Morgan fingerprint density at radius 2 is 1.39 bits per heavy atom. The van der Waals surface area contributed by atoms with E-state index in [4.69, 9.17) is 4.74 Å². The van der Waals surface area contributed by atoms with E-state index in [0.717, 1.165) is 26.2 Å². The van der Waals surface area contributed by atoms with E-state index in [1.807, 2.05) is 48.5 Å². The van der Waals surface area contributed by atoms with Crippen LogP contribution in [0, 0.1) is 0 Å². The van der Waals surface area contributed by atoms with Crippen molar-refractivity contribution in [3.63, 3.8) is 0 Å². The summed E-state index contributed by atoms with van der Waals surface area (Å²) < 4.78 is 47.0. The molecule has 3 aromatic rings. The predicted molar refractivity (Wildman–Crippen MR) is 97.9 cm³/mol. The SMILES string of the molecule is O=C(OCC(F)(F)F)c1ccc([S+]2c3ccccc3Oc3ccccc32)cc1. The van der Waals surface area contributed by atoms with Crippen LogP contribution in [0.15, 0.2) is 87.5 Å². The highest BCUT2D eigenvalue weighted by molar-refractivity contribution is 7.97. The zero-order valence-corrected chi connectivity index (χ0v) is 15.2. The second-order valence-corrected chi connectivity index (χ2v) is 7.98. The first-order valence-corrected chi connectivity index (χ1v) is 9.59. The standard InChI is InChI=1S/C21H14F3O3S/c22-21(23,24)13-26-20(25)14-9-11-15(12-10-14)28-18-7-3-1-5-16(18)27-17-6-2-4-8-19(17)28/h1-12H,13H2/q+1. The van der Waals surface area contributed by atoms with E-state index in [-0.39, 0.29) is 5.56 Å². The largest absolute Gasteiger partial charge is 0.452 e. The van der Waals surface area contributed by atoms with Crippen molar-refractivity contribution < 1.29 is 27.4 Å². The number of carbonyl (C=O) groups is 1. The van der Waals surface area contributed by atoms with E-state index in [1.54, 1.807) is 12.1 Å². The van der Waals surface area contributed by atoms with Crippen molar-refractivity contribution in [3.05, 3.63) is 78.4 Å². The van der Waals surface area contributed by atoms with Crippen molar-refractivity contribution in [2.45, 2.75) is 20.9 Å². The number of hydrogen-bond acceptors (Lipinski definition) is 3. The number of hydrogen-bond donors (Lipinski definition) is 0. The fourth-order valence-corrected chi connectivity index (χ4v) is 5.06. The molecule has 1 aliphatic heterocycles. The Balaban J connectivity index is 1.66. The van der Waals surface area contributed by atoms with Gasteiger partial charge in [-0.2, -0.15) is 13.2 Å². The van der Waals surface area contributed by atoms with Gasteiger partial charge >= 0.3 is 12.1 Å². The van der Waals surface area contributed by atoms with Crippen LogP contribution in [-0.4, -0.2) is 18.8 Å². The van der Waals surface area contributed by atoms with Crippen molar-refractivity contribution >= 4 is 16.9 Å². The molecule has 1 heterocycles. The Morgan fingerprint density at radius 1 is 0.857 bits per heavy atom. The van der Waals surface area contributed by atoms with Gasteiger partial charge in [0.05, 0.1) is 5.56 Å². The first kappa shape index (κ1) is 18.4. The summed E-state index contributed by atoms with van der Waals surface area (Å²) in [6.45, 7) is -1.60. The smallest absolute Gasteiger partial charge is 0.422 e. The summed E-state index contributed by atoms with van der Waals surface area (Å²) in [4.78, 5) is 14.8. The maximum absolute atomic E-state index is 12.2. The summed E-state index contributed by atoms with van der Waals surface area (Å²) in [6, 6.07) is 21.9. The normalized spacial score (nSPS) is 13.2. The van der Waals surface area contributed by atoms with Gasteiger partial charge in [0, 0.05) is 0 Å². The molecule has 1 aliphatic rings. The highest BCUT2D eigenvalue weighted by Crippen LogP contribution is 2.46. The van der Waals surface area contributed by atoms with Gasteiger partial charge in [0.2, 0.25) is 9.79 Å². The Morgan fingerprint density at radius 3 is 1.93 bits per heavy atom. The van der Waals surface area contributed by atoms with Crippen molar-refractivity contribution in [2.75, 3.05) is 6.61 Å². The van der Waals surface area contributed by atoms with Crippen LogP contribution in [0.1, 0.15) is 10.4 Å². The minimum absolute atomic E-state index is 0.0754. The van der Waals surface area contributed by atoms with Gasteiger partial charge in [0.25, 0.3) is 0 Å². The average Bonchev–Trinajstić information content (AvgIpc) is 2.70. The van der Waals surface area contributed by atoms with E-state index < -0.39 is 29.6 Å². The molecule has 3 nitrogen and oxygen atoms in total. The Hall–Kier alpha value is -2.93. The molecule has 0 saturated carbocycles. The maximum atomic E-state index is 12.2. The lowest BCUT2D eigenvalue weighted by Crippen LogP contribution is -2.20. The van der Waals surface area contributed by atoms with E-state index in [2.05, 4.69) is 4.74 Å². The summed E-state index contributed by atoms with van der Waals surface area (Å²) in [7, 11) is -0.454. The zero-order chi connectivity index (χ0) is 19.7. The topological polar surface area (TPSA) is 35.5 Å². The highest BCUT2D eigenvalue weighted by Gasteiger charge is 2.39. The number of carbonyl (C=O) groups excluding carboxylic acids is 1. The summed E-state index contributed by atoms with van der Waals surface area (Å²) in [5, 5.41) is 0. The van der Waals surface area contributed by atoms with Gasteiger partial charge in [-0.3, -0.25) is 0 Å². The van der Waals surface area contributed by atoms with E-state index in [1.165, 1.54) is 12.1 Å². The predicted octanol–water partition coefficient (Wildman–Crippen LogP) is 5.61. The molecule has 0 N–H and O–H groups in total. The van der Waals surface area contributed by atoms with Crippen LogP contribution in [0.25, 0.3) is 0 Å². The van der Waals surface area contributed by atoms with Crippen molar-refractivity contribution in [1.29, 1.82) is 0 Å². The molecular formula is C21H14F3O3S+. The van der Waals surface area contributed by atoms with Gasteiger partial charge in [0.1, 0.15) is 10.9 Å². The second-order valence-electron chi connectivity index (χ2n) is 6.02. The molecular weight excluding hydrogens is 389 g/mol. The van der Waals surface area contributed by atoms with E-state index >= 15 is 0 Å². The molecule has 0 unspecified atom stereocenters. The van der Waals surface area contributed by atoms with Gasteiger partial charge < -0.3 is 9.47 Å². The summed E-state index contributed by atoms with van der Waals surface area (Å²) in [5.41, 5.74) is 0.0754. The third-order valence-corrected chi connectivity index (χ3v) is 6.35. The van der Waals surface area contributed by atoms with Crippen LogP contribution in [0.3, 0.4) is 0 Å². The van der Waals surface area contributed by atoms with Crippen LogP contribution in [0.2, 0.25) is 0 Å². The molecule has 142 valence electrons. The summed E-state index contributed by atoms with van der Waals surface area (Å²) in [5.74, 6) is 0.524. The monoisotopic (exact) mass is 403 g/mol. The number of fused-ring (bicyclic) bond motifs is 2. The zero-order valence-electron chi connectivity index (χ0n) is 14.4. The molecule has 4 rings (SSSR count). The molecule has 0 atom stereocenters. The molecule has 7 heteroatoms. The number of para-hydroxylation sites is 2. The number of esters is 1. The first-order valence-electron chi connectivity index (χ1n) is 8.36. The first-order chi connectivity index (χ1) is 13.4. The number of benzene rings is 3. The molecule has 0 saturated heterocycles.